The zero-order chi connectivity index (χ0) is 25.8. The van der Waals surface area contributed by atoms with Crippen LogP contribution in [0, 0.1) is 0 Å². The van der Waals surface area contributed by atoms with E-state index in [9.17, 15) is 24.0 Å². The van der Waals surface area contributed by atoms with E-state index in [1.165, 1.54) is 19.2 Å². The fraction of sp³-hybridized carbons (Fsp3) is 0.160. The smallest absolute Gasteiger partial charge is 0.344 e. The second kappa shape index (κ2) is 10.1. The number of hydrogen-bond donors (Lipinski definition) is 1. The number of esters is 1. The van der Waals surface area contributed by atoms with Crippen LogP contribution >= 0.6 is 0 Å². The van der Waals surface area contributed by atoms with Crippen LogP contribution in [0.15, 0.2) is 79.5 Å². The van der Waals surface area contributed by atoms with Gasteiger partial charge in [0.1, 0.15) is 22.7 Å². The zero-order valence-electron chi connectivity index (χ0n) is 19.1. The topological polar surface area (TPSA) is 153 Å². The maximum atomic E-state index is 12.7. The van der Waals surface area contributed by atoms with E-state index >= 15 is 0 Å². The molecular formula is C25H21N3O8. The second-order valence-corrected chi connectivity index (χ2v) is 7.81. The van der Waals surface area contributed by atoms with Gasteiger partial charge in [-0.25, -0.2) is 14.4 Å². The number of carbonyl (C=O) groups excluding carboxylic acids is 2. The minimum absolute atomic E-state index is 0.0411. The normalized spacial score (nSPS) is 10.8. The van der Waals surface area contributed by atoms with Crippen molar-refractivity contribution < 1.29 is 23.5 Å². The van der Waals surface area contributed by atoms with Crippen molar-refractivity contribution in [3.63, 3.8) is 0 Å². The summed E-state index contributed by atoms with van der Waals surface area (Å²) in [5, 5.41) is 0.669. The molecule has 2 aromatic heterocycles. The Hall–Kier alpha value is -4.93. The van der Waals surface area contributed by atoms with Crippen LogP contribution in [0.4, 0.5) is 5.82 Å². The van der Waals surface area contributed by atoms with E-state index in [1.54, 1.807) is 48.5 Å². The molecule has 0 fully saturated rings. The highest BCUT2D eigenvalue weighted by molar-refractivity contribution is 6.01. The van der Waals surface area contributed by atoms with Crippen molar-refractivity contribution in [1.29, 1.82) is 0 Å². The Bertz CT molecular complexity index is 1630. The monoisotopic (exact) mass is 491 g/mol. The van der Waals surface area contributed by atoms with Gasteiger partial charge >= 0.3 is 17.3 Å². The van der Waals surface area contributed by atoms with E-state index < -0.39 is 47.4 Å². The van der Waals surface area contributed by atoms with Crippen LogP contribution < -0.4 is 27.3 Å². The molecule has 0 amide bonds. The maximum Gasteiger partial charge on any atom is 0.344 e. The number of nitrogens with zero attached hydrogens (tertiary/aromatic N) is 2. The minimum Gasteiger partial charge on any atom is -0.482 e. The van der Waals surface area contributed by atoms with Gasteiger partial charge in [0.05, 0.1) is 6.54 Å². The molecule has 0 aliphatic carbocycles. The van der Waals surface area contributed by atoms with E-state index in [4.69, 9.17) is 19.6 Å². The number of anilines is 1. The van der Waals surface area contributed by atoms with Gasteiger partial charge < -0.3 is 19.6 Å². The van der Waals surface area contributed by atoms with Crippen LogP contribution in [0.25, 0.3) is 11.0 Å². The first-order valence-electron chi connectivity index (χ1n) is 10.7. The number of rotatable bonds is 8. The van der Waals surface area contributed by atoms with Gasteiger partial charge in [0, 0.05) is 24.6 Å². The SMILES string of the molecule is Cn1c(=O)c(C(=O)COC(=O)COc2ccc3ccc(=O)oc3c2)c(N)n(Cc2ccccc2)c1=O. The first-order valence-corrected chi connectivity index (χ1v) is 10.7. The van der Waals surface area contributed by atoms with Crippen molar-refractivity contribution in [3.8, 4) is 5.75 Å². The summed E-state index contributed by atoms with van der Waals surface area (Å²) in [6.45, 7) is -1.28. The van der Waals surface area contributed by atoms with Crippen LogP contribution in [-0.4, -0.2) is 34.1 Å². The van der Waals surface area contributed by atoms with Crippen molar-refractivity contribution in [1.82, 2.24) is 9.13 Å². The number of ketones is 1. The van der Waals surface area contributed by atoms with Crippen molar-refractivity contribution in [2.45, 2.75) is 6.54 Å². The molecule has 0 saturated heterocycles. The molecule has 11 heteroatoms. The molecule has 0 atom stereocenters. The third-order valence-corrected chi connectivity index (χ3v) is 5.36. The molecule has 36 heavy (non-hydrogen) atoms. The summed E-state index contributed by atoms with van der Waals surface area (Å²) < 4.78 is 17.2. The number of carbonyl (C=O) groups is 2. The average Bonchev–Trinajstić information content (AvgIpc) is 2.88. The molecule has 4 rings (SSSR count). The lowest BCUT2D eigenvalue weighted by molar-refractivity contribution is -0.144. The number of nitrogen functional groups attached to an aromatic ring is 1. The summed E-state index contributed by atoms with van der Waals surface area (Å²) in [6.07, 6.45) is 0. The summed E-state index contributed by atoms with van der Waals surface area (Å²) >= 11 is 0. The van der Waals surface area contributed by atoms with E-state index in [2.05, 4.69) is 0 Å². The van der Waals surface area contributed by atoms with Gasteiger partial charge in [0.2, 0.25) is 5.78 Å². The lowest BCUT2D eigenvalue weighted by Gasteiger charge is -2.15. The van der Waals surface area contributed by atoms with E-state index in [-0.39, 0.29) is 23.7 Å². The Morgan fingerprint density at radius 3 is 2.44 bits per heavy atom. The Morgan fingerprint density at radius 2 is 1.69 bits per heavy atom. The van der Waals surface area contributed by atoms with Crippen molar-refractivity contribution in [2.75, 3.05) is 18.9 Å². The van der Waals surface area contributed by atoms with E-state index in [1.807, 2.05) is 0 Å². The molecule has 2 heterocycles. The van der Waals surface area contributed by atoms with Crippen molar-refractivity contribution in [2.24, 2.45) is 7.05 Å². The predicted octanol–water partition coefficient (Wildman–Crippen LogP) is 1.09. The molecule has 0 aliphatic heterocycles. The van der Waals surface area contributed by atoms with Gasteiger partial charge in [0.15, 0.2) is 13.2 Å². The third kappa shape index (κ3) is 5.09. The molecule has 2 aromatic carbocycles. The summed E-state index contributed by atoms with van der Waals surface area (Å²) in [5.74, 6) is -1.82. The number of ether oxygens (including phenoxy) is 2. The Kier molecular flexibility index (Phi) is 6.81. The number of fused-ring (bicyclic) bond motifs is 1. The summed E-state index contributed by atoms with van der Waals surface area (Å²) in [5.41, 5.74) is 4.49. The molecule has 0 saturated carbocycles. The lowest BCUT2D eigenvalue weighted by Crippen LogP contribution is -2.43. The molecule has 0 aliphatic rings. The zero-order valence-corrected chi connectivity index (χ0v) is 19.1. The molecule has 0 bridgehead atoms. The van der Waals surface area contributed by atoms with Crippen LogP contribution in [0.2, 0.25) is 0 Å². The lowest BCUT2D eigenvalue weighted by atomic mass is 10.2. The largest absolute Gasteiger partial charge is 0.482 e. The summed E-state index contributed by atoms with van der Waals surface area (Å²) in [7, 11) is 1.23. The Morgan fingerprint density at radius 1 is 0.972 bits per heavy atom. The van der Waals surface area contributed by atoms with Crippen LogP contribution in [0.5, 0.6) is 5.75 Å². The van der Waals surface area contributed by atoms with Gasteiger partial charge in [-0.15, -0.1) is 0 Å². The molecule has 0 unspecified atom stereocenters. The summed E-state index contributed by atoms with van der Waals surface area (Å²) in [6, 6.07) is 16.4. The van der Waals surface area contributed by atoms with Crippen LogP contribution in [0.3, 0.4) is 0 Å². The fourth-order valence-electron chi connectivity index (χ4n) is 3.50. The minimum atomic E-state index is -0.892. The number of hydrogen-bond acceptors (Lipinski definition) is 9. The van der Waals surface area contributed by atoms with Gasteiger partial charge in [0.25, 0.3) is 5.56 Å². The first-order chi connectivity index (χ1) is 17.2. The molecule has 0 spiro atoms. The van der Waals surface area contributed by atoms with Gasteiger partial charge in [-0.3, -0.25) is 18.7 Å². The number of benzene rings is 2. The van der Waals surface area contributed by atoms with Gasteiger partial charge in [-0.05, 0) is 23.8 Å². The molecule has 184 valence electrons. The molecule has 2 N–H and O–H groups in total. The standard InChI is InChI=1S/C25H21N3O8/c1-27-24(32)22(23(26)28(25(27)33)12-15-5-3-2-4-6-15)18(29)13-35-21(31)14-34-17-9-7-16-8-10-20(30)36-19(16)11-17/h2-11H,12-14,26H2,1H3. The molecule has 4 aromatic rings. The van der Waals surface area contributed by atoms with Crippen molar-refractivity contribution >= 4 is 28.5 Å². The van der Waals surface area contributed by atoms with Crippen LogP contribution in [-0.2, 0) is 23.1 Å². The van der Waals surface area contributed by atoms with Crippen LogP contribution in [0.1, 0.15) is 15.9 Å². The average molecular weight is 491 g/mol. The predicted molar refractivity (Wildman–Crippen MR) is 129 cm³/mol. The quantitative estimate of drug-likeness (QED) is 0.217. The van der Waals surface area contributed by atoms with E-state index in [0.29, 0.717) is 5.39 Å². The fourth-order valence-corrected chi connectivity index (χ4v) is 3.50. The Labute approximate surface area is 202 Å². The molecular weight excluding hydrogens is 470 g/mol. The number of aromatic nitrogens is 2. The van der Waals surface area contributed by atoms with Crippen molar-refractivity contribution in [3.05, 3.63) is 103 Å². The number of nitrogens with two attached hydrogens (primary N) is 1. The third-order valence-electron chi connectivity index (χ3n) is 5.36. The van der Waals surface area contributed by atoms with Gasteiger partial charge in [-0.1, -0.05) is 30.3 Å². The molecule has 11 nitrogen and oxygen atoms in total. The second-order valence-electron chi connectivity index (χ2n) is 7.81. The molecule has 0 radical (unpaired) electrons. The maximum absolute atomic E-state index is 12.7. The van der Waals surface area contributed by atoms with E-state index in [0.717, 1.165) is 14.7 Å². The Balaban J connectivity index is 1.44. The van der Waals surface area contributed by atoms with Gasteiger partial charge in [-0.2, -0.15) is 0 Å². The number of Topliss-reactive ketones (excluding diaryl/α,β-unsaturated/α-hetero) is 1. The highest BCUT2D eigenvalue weighted by Gasteiger charge is 2.23. The highest BCUT2D eigenvalue weighted by Crippen LogP contribution is 2.19. The first kappa shape index (κ1) is 24.2. The summed E-state index contributed by atoms with van der Waals surface area (Å²) in [4.78, 5) is 61.4. The highest BCUT2D eigenvalue weighted by atomic mass is 16.6.